The molecule has 0 amide bonds. The lowest BCUT2D eigenvalue weighted by atomic mass is 10.3. The number of pyridine rings is 1. The number of hydrogen-bond donors (Lipinski definition) is 0. The fraction of sp³-hybridized carbons (Fsp3) is 0.125. The molecular formula is C8H8N2O2. The summed E-state index contributed by atoms with van der Waals surface area (Å²) in [6.07, 6.45) is 4.56. The van der Waals surface area contributed by atoms with Crippen molar-refractivity contribution in [3.05, 3.63) is 52.5 Å². The summed E-state index contributed by atoms with van der Waals surface area (Å²) in [5.74, 6) is 0. The van der Waals surface area contributed by atoms with E-state index in [1.807, 2.05) is 12.1 Å². The molecule has 0 aliphatic heterocycles. The van der Waals surface area contributed by atoms with Crippen LogP contribution in [0.5, 0.6) is 0 Å². The van der Waals surface area contributed by atoms with Crippen LogP contribution in [-0.4, -0.2) is 9.91 Å². The summed E-state index contributed by atoms with van der Waals surface area (Å²) in [6.45, 7) is 0. The maximum atomic E-state index is 9.89. The smallest absolute Gasteiger partial charge is 0.230 e. The number of nitrogens with zero attached hydrogens (tertiary/aromatic N) is 2. The molecule has 0 atom stereocenters. The number of hydrogen-bond acceptors (Lipinski definition) is 3. The average Bonchev–Trinajstić information content (AvgIpc) is 2.05. The molecule has 0 bridgehead atoms. The summed E-state index contributed by atoms with van der Waals surface area (Å²) >= 11 is 0. The van der Waals surface area contributed by atoms with Crippen molar-refractivity contribution in [3.63, 3.8) is 0 Å². The van der Waals surface area contributed by atoms with Crippen LogP contribution in [0.2, 0.25) is 0 Å². The van der Waals surface area contributed by atoms with Gasteiger partial charge in [-0.15, -0.1) is 0 Å². The highest BCUT2D eigenvalue weighted by Crippen LogP contribution is 1.94. The van der Waals surface area contributed by atoms with Gasteiger partial charge in [0.1, 0.15) is 0 Å². The molecule has 0 saturated carbocycles. The molecule has 1 aromatic heterocycles. The van der Waals surface area contributed by atoms with Crippen LogP contribution in [0.25, 0.3) is 0 Å². The Morgan fingerprint density at radius 2 is 2.42 bits per heavy atom. The largest absolute Gasteiger partial charge is 0.261 e. The first-order valence-electron chi connectivity index (χ1n) is 3.49. The van der Waals surface area contributed by atoms with Gasteiger partial charge in [-0.3, -0.25) is 15.1 Å². The molecule has 1 aromatic rings. The first kappa shape index (κ1) is 8.39. The third-order valence-electron chi connectivity index (χ3n) is 1.28. The number of rotatable bonds is 3. The van der Waals surface area contributed by atoms with E-state index in [0.717, 1.165) is 11.9 Å². The Labute approximate surface area is 69.7 Å². The minimum absolute atomic E-state index is 0.483. The summed E-state index contributed by atoms with van der Waals surface area (Å²) in [4.78, 5) is 13.4. The van der Waals surface area contributed by atoms with E-state index < -0.39 is 4.92 Å². The van der Waals surface area contributed by atoms with Gasteiger partial charge in [0, 0.05) is 18.3 Å². The van der Waals surface area contributed by atoms with Crippen LogP contribution in [-0.2, 0) is 6.42 Å². The monoisotopic (exact) mass is 164 g/mol. The van der Waals surface area contributed by atoms with E-state index in [1.54, 1.807) is 12.3 Å². The minimum atomic E-state index is -0.483. The fourth-order valence-electron chi connectivity index (χ4n) is 0.778. The lowest BCUT2D eigenvalue weighted by molar-refractivity contribution is -0.402. The maximum absolute atomic E-state index is 9.89. The highest BCUT2D eigenvalue weighted by molar-refractivity contribution is 5.06. The normalized spacial score (nSPS) is 10.3. The van der Waals surface area contributed by atoms with Crippen molar-refractivity contribution < 1.29 is 4.92 Å². The second-order valence-electron chi connectivity index (χ2n) is 2.20. The molecule has 4 heteroatoms. The van der Waals surface area contributed by atoms with Crippen molar-refractivity contribution in [3.8, 4) is 0 Å². The molecule has 1 rings (SSSR count). The molecule has 0 saturated heterocycles. The van der Waals surface area contributed by atoms with Gasteiger partial charge >= 0.3 is 0 Å². The molecule has 4 nitrogen and oxygen atoms in total. The zero-order valence-electron chi connectivity index (χ0n) is 6.38. The van der Waals surface area contributed by atoms with Gasteiger partial charge in [0.15, 0.2) is 0 Å². The minimum Gasteiger partial charge on any atom is -0.261 e. The summed E-state index contributed by atoms with van der Waals surface area (Å²) in [5.41, 5.74) is 0.829. The quantitative estimate of drug-likeness (QED) is 0.501. The van der Waals surface area contributed by atoms with Crippen LogP contribution < -0.4 is 0 Å². The van der Waals surface area contributed by atoms with E-state index in [4.69, 9.17) is 0 Å². The molecule has 0 radical (unpaired) electrons. The summed E-state index contributed by atoms with van der Waals surface area (Å²) < 4.78 is 0. The van der Waals surface area contributed by atoms with Crippen LogP contribution in [0.15, 0.2) is 36.7 Å². The van der Waals surface area contributed by atoms with E-state index in [2.05, 4.69) is 4.98 Å². The Bertz CT molecular complexity index is 282. The zero-order chi connectivity index (χ0) is 8.81. The van der Waals surface area contributed by atoms with Gasteiger partial charge in [-0.05, 0) is 18.2 Å². The van der Waals surface area contributed by atoms with Crippen LogP contribution in [0, 0.1) is 10.1 Å². The molecule has 0 spiro atoms. The molecule has 12 heavy (non-hydrogen) atoms. The number of nitro groups is 1. The highest BCUT2D eigenvalue weighted by Gasteiger charge is 1.89. The van der Waals surface area contributed by atoms with Crippen molar-refractivity contribution in [2.24, 2.45) is 0 Å². The zero-order valence-corrected chi connectivity index (χ0v) is 6.38. The summed E-state index contributed by atoms with van der Waals surface area (Å²) in [7, 11) is 0. The van der Waals surface area contributed by atoms with Gasteiger partial charge in [0.05, 0.1) is 4.92 Å². The van der Waals surface area contributed by atoms with Crippen molar-refractivity contribution in [2.45, 2.75) is 6.42 Å². The topological polar surface area (TPSA) is 56.0 Å². The third kappa shape index (κ3) is 2.92. The SMILES string of the molecule is O=[N+]([O-])C=CCc1ccccn1. The Morgan fingerprint density at radius 3 is 3.00 bits per heavy atom. The van der Waals surface area contributed by atoms with E-state index in [9.17, 15) is 10.1 Å². The van der Waals surface area contributed by atoms with Crippen molar-refractivity contribution in [1.29, 1.82) is 0 Å². The highest BCUT2D eigenvalue weighted by atomic mass is 16.6. The number of aromatic nitrogens is 1. The van der Waals surface area contributed by atoms with E-state index in [0.29, 0.717) is 6.42 Å². The van der Waals surface area contributed by atoms with E-state index in [-0.39, 0.29) is 0 Å². The van der Waals surface area contributed by atoms with Gasteiger partial charge in [0.25, 0.3) is 0 Å². The lowest BCUT2D eigenvalue weighted by Crippen LogP contribution is -1.87. The Kier molecular flexibility index (Phi) is 2.95. The summed E-state index contributed by atoms with van der Waals surface area (Å²) in [5, 5.41) is 9.89. The Morgan fingerprint density at radius 1 is 1.58 bits per heavy atom. The van der Waals surface area contributed by atoms with Gasteiger partial charge in [-0.1, -0.05) is 6.07 Å². The molecular weight excluding hydrogens is 156 g/mol. The van der Waals surface area contributed by atoms with E-state index >= 15 is 0 Å². The Hall–Kier alpha value is -1.71. The molecule has 62 valence electrons. The fourth-order valence-corrected chi connectivity index (χ4v) is 0.778. The number of allylic oxidation sites excluding steroid dienone is 1. The second-order valence-corrected chi connectivity index (χ2v) is 2.20. The third-order valence-corrected chi connectivity index (χ3v) is 1.28. The van der Waals surface area contributed by atoms with Gasteiger partial charge in [-0.2, -0.15) is 0 Å². The molecule has 0 aromatic carbocycles. The van der Waals surface area contributed by atoms with Crippen molar-refractivity contribution in [1.82, 2.24) is 4.98 Å². The molecule has 0 aliphatic carbocycles. The van der Waals surface area contributed by atoms with Crippen molar-refractivity contribution >= 4 is 0 Å². The lowest BCUT2D eigenvalue weighted by Gasteiger charge is -1.90. The van der Waals surface area contributed by atoms with Crippen LogP contribution in [0.1, 0.15) is 5.69 Å². The van der Waals surface area contributed by atoms with Crippen LogP contribution in [0.4, 0.5) is 0 Å². The summed E-state index contributed by atoms with van der Waals surface area (Å²) in [6, 6.07) is 5.48. The molecule has 0 unspecified atom stereocenters. The van der Waals surface area contributed by atoms with Crippen LogP contribution in [0.3, 0.4) is 0 Å². The second kappa shape index (κ2) is 4.23. The first-order chi connectivity index (χ1) is 5.79. The van der Waals surface area contributed by atoms with Gasteiger partial charge in [-0.25, -0.2) is 0 Å². The predicted molar refractivity (Wildman–Crippen MR) is 44.1 cm³/mol. The van der Waals surface area contributed by atoms with Crippen LogP contribution >= 0.6 is 0 Å². The molecule has 0 N–H and O–H groups in total. The Balaban J connectivity index is 2.49. The first-order valence-corrected chi connectivity index (χ1v) is 3.49. The standard InChI is InChI=1S/C8H8N2O2/c11-10(12)7-3-5-8-4-1-2-6-9-8/h1-4,6-7H,5H2. The average molecular weight is 164 g/mol. The maximum Gasteiger partial charge on any atom is 0.230 e. The van der Waals surface area contributed by atoms with E-state index in [1.165, 1.54) is 6.08 Å². The predicted octanol–water partition coefficient (Wildman–Crippen LogP) is 1.41. The molecule has 1 heterocycles. The molecule has 0 aliphatic rings. The van der Waals surface area contributed by atoms with Gasteiger partial charge in [0.2, 0.25) is 6.20 Å². The van der Waals surface area contributed by atoms with Crippen molar-refractivity contribution in [2.75, 3.05) is 0 Å². The molecule has 0 fully saturated rings. The van der Waals surface area contributed by atoms with Gasteiger partial charge < -0.3 is 0 Å².